The van der Waals surface area contributed by atoms with Gasteiger partial charge in [0.25, 0.3) is 5.91 Å². The maximum atomic E-state index is 12.9. The highest BCUT2D eigenvalue weighted by Gasteiger charge is 2.13. The monoisotopic (exact) mass is 224 g/mol. The zero-order chi connectivity index (χ0) is 12.1. The van der Waals surface area contributed by atoms with E-state index < -0.39 is 17.5 Å². The van der Waals surface area contributed by atoms with Crippen LogP contribution in [0.5, 0.6) is 0 Å². The Hall–Kier alpha value is -1.96. The largest absolute Gasteiger partial charge is 0.341 e. The van der Waals surface area contributed by atoms with E-state index in [1.807, 2.05) is 6.07 Å². The van der Waals surface area contributed by atoms with E-state index >= 15 is 0 Å². The number of nitrogens with zero attached hydrogens (tertiary/aromatic N) is 2. The van der Waals surface area contributed by atoms with Crippen molar-refractivity contribution in [1.82, 2.24) is 4.90 Å². The number of rotatable bonds is 3. The lowest BCUT2D eigenvalue weighted by atomic mass is 10.2. The molecule has 0 heterocycles. The van der Waals surface area contributed by atoms with Crippen molar-refractivity contribution in [1.29, 1.82) is 5.26 Å². The summed E-state index contributed by atoms with van der Waals surface area (Å²) in [5.74, 6) is -2.48. The minimum Gasteiger partial charge on any atom is -0.341 e. The second kappa shape index (κ2) is 5.21. The Balaban J connectivity index is 2.80. The first kappa shape index (κ1) is 12.1. The summed E-state index contributed by atoms with van der Waals surface area (Å²) in [6, 6.07) is 4.86. The molecule has 5 heteroatoms. The fourth-order valence-corrected chi connectivity index (χ4v) is 1.17. The van der Waals surface area contributed by atoms with Gasteiger partial charge in [-0.15, -0.1) is 0 Å². The van der Waals surface area contributed by atoms with E-state index in [2.05, 4.69) is 0 Å². The summed E-state index contributed by atoms with van der Waals surface area (Å²) in [5, 5.41) is 8.35. The first-order valence-electron chi connectivity index (χ1n) is 4.63. The lowest BCUT2D eigenvalue weighted by Crippen LogP contribution is -2.27. The molecule has 0 atom stereocenters. The van der Waals surface area contributed by atoms with Crippen LogP contribution < -0.4 is 0 Å². The van der Waals surface area contributed by atoms with Crippen LogP contribution in [0.1, 0.15) is 16.8 Å². The van der Waals surface area contributed by atoms with Gasteiger partial charge in [0.15, 0.2) is 11.6 Å². The van der Waals surface area contributed by atoms with Gasteiger partial charge in [-0.2, -0.15) is 5.26 Å². The van der Waals surface area contributed by atoms with Gasteiger partial charge in [0, 0.05) is 19.2 Å². The van der Waals surface area contributed by atoms with Crippen LogP contribution in [-0.4, -0.2) is 24.4 Å². The summed E-state index contributed by atoms with van der Waals surface area (Å²) in [5.41, 5.74) is 0.0688. The van der Waals surface area contributed by atoms with Gasteiger partial charge in [-0.3, -0.25) is 4.79 Å². The Bertz CT molecular complexity index is 440. The third-order valence-corrected chi connectivity index (χ3v) is 2.07. The number of carbonyl (C=O) groups excluding carboxylic acids is 1. The molecule has 0 saturated heterocycles. The summed E-state index contributed by atoms with van der Waals surface area (Å²) >= 11 is 0. The van der Waals surface area contributed by atoms with E-state index in [0.717, 1.165) is 12.1 Å². The summed E-state index contributed by atoms with van der Waals surface area (Å²) < 4.78 is 25.5. The van der Waals surface area contributed by atoms with E-state index in [4.69, 9.17) is 5.26 Å². The number of carbonyl (C=O) groups is 1. The summed E-state index contributed by atoms with van der Waals surface area (Å²) in [7, 11) is 1.50. The van der Waals surface area contributed by atoms with Crippen molar-refractivity contribution in [2.24, 2.45) is 0 Å². The van der Waals surface area contributed by atoms with Crippen molar-refractivity contribution in [3.8, 4) is 6.07 Å². The van der Waals surface area contributed by atoms with Crippen molar-refractivity contribution >= 4 is 5.91 Å². The van der Waals surface area contributed by atoms with Crippen molar-refractivity contribution < 1.29 is 13.6 Å². The molecule has 84 valence electrons. The Morgan fingerprint density at radius 1 is 1.44 bits per heavy atom. The molecule has 0 bridgehead atoms. The van der Waals surface area contributed by atoms with Gasteiger partial charge in [-0.25, -0.2) is 8.78 Å². The number of benzene rings is 1. The van der Waals surface area contributed by atoms with Gasteiger partial charge in [-0.1, -0.05) is 0 Å². The topological polar surface area (TPSA) is 44.1 Å². The molecule has 3 nitrogen and oxygen atoms in total. The Morgan fingerprint density at radius 2 is 2.12 bits per heavy atom. The van der Waals surface area contributed by atoms with Crippen molar-refractivity contribution in [2.45, 2.75) is 6.42 Å². The van der Waals surface area contributed by atoms with E-state index in [-0.39, 0.29) is 18.5 Å². The van der Waals surface area contributed by atoms with Crippen LogP contribution in [0.4, 0.5) is 8.78 Å². The molecular formula is C11H10F2N2O. The van der Waals surface area contributed by atoms with Crippen LogP contribution in [-0.2, 0) is 0 Å². The standard InChI is InChI=1S/C11H10F2N2O/c1-15(6-2-5-14)11(16)8-3-4-9(12)10(13)7-8/h3-4,7H,2,6H2,1H3. The normalized spacial score (nSPS) is 9.62. The van der Waals surface area contributed by atoms with Crippen molar-refractivity contribution in [2.75, 3.05) is 13.6 Å². The molecular weight excluding hydrogens is 214 g/mol. The van der Waals surface area contributed by atoms with Gasteiger partial charge in [0.05, 0.1) is 12.5 Å². The smallest absolute Gasteiger partial charge is 0.253 e. The van der Waals surface area contributed by atoms with Crippen molar-refractivity contribution in [3.63, 3.8) is 0 Å². The van der Waals surface area contributed by atoms with Gasteiger partial charge >= 0.3 is 0 Å². The Kier molecular flexibility index (Phi) is 3.95. The Morgan fingerprint density at radius 3 is 2.69 bits per heavy atom. The second-order valence-corrected chi connectivity index (χ2v) is 3.26. The minimum atomic E-state index is -1.06. The fourth-order valence-electron chi connectivity index (χ4n) is 1.17. The van der Waals surface area contributed by atoms with Gasteiger partial charge in [0.1, 0.15) is 0 Å². The van der Waals surface area contributed by atoms with E-state index in [9.17, 15) is 13.6 Å². The van der Waals surface area contributed by atoms with Crippen molar-refractivity contribution in [3.05, 3.63) is 35.4 Å². The van der Waals surface area contributed by atoms with Crippen LogP contribution in [0.25, 0.3) is 0 Å². The highest BCUT2D eigenvalue weighted by atomic mass is 19.2. The number of halogens is 2. The SMILES string of the molecule is CN(CCC#N)C(=O)c1ccc(F)c(F)c1. The predicted octanol–water partition coefficient (Wildman–Crippen LogP) is 1.95. The molecule has 1 aromatic rings. The zero-order valence-electron chi connectivity index (χ0n) is 8.70. The third-order valence-electron chi connectivity index (χ3n) is 2.07. The molecule has 1 aromatic carbocycles. The van der Waals surface area contributed by atoms with E-state index in [1.54, 1.807) is 0 Å². The fraction of sp³-hybridized carbons (Fsp3) is 0.273. The van der Waals surface area contributed by atoms with Gasteiger partial charge < -0.3 is 4.90 Å². The molecule has 0 saturated carbocycles. The van der Waals surface area contributed by atoms with Crippen LogP contribution in [0.3, 0.4) is 0 Å². The highest BCUT2D eigenvalue weighted by Crippen LogP contribution is 2.10. The average Bonchev–Trinajstić information content (AvgIpc) is 2.28. The third kappa shape index (κ3) is 2.76. The maximum Gasteiger partial charge on any atom is 0.253 e. The molecule has 0 aliphatic rings. The van der Waals surface area contributed by atoms with Gasteiger partial charge in [-0.05, 0) is 18.2 Å². The number of nitriles is 1. The van der Waals surface area contributed by atoms with E-state index in [0.29, 0.717) is 0 Å². The van der Waals surface area contributed by atoms with Gasteiger partial charge in [0.2, 0.25) is 0 Å². The maximum absolute atomic E-state index is 12.9. The molecule has 16 heavy (non-hydrogen) atoms. The molecule has 0 N–H and O–H groups in total. The van der Waals surface area contributed by atoms with Crippen LogP contribution >= 0.6 is 0 Å². The summed E-state index contributed by atoms with van der Waals surface area (Å²) in [6.45, 7) is 0.258. The minimum absolute atomic E-state index is 0.0688. The van der Waals surface area contributed by atoms with Crippen LogP contribution in [0.15, 0.2) is 18.2 Å². The lowest BCUT2D eigenvalue weighted by molar-refractivity contribution is 0.0797. The molecule has 0 aliphatic carbocycles. The van der Waals surface area contributed by atoms with Crippen LogP contribution in [0.2, 0.25) is 0 Å². The summed E-state index contributed by atoms with van der Waals surface area (Å²) in [6.07, 6.45) is 0.200. The number of amides is 1. The molecule has 1 amide bonds. The second-order valence-electron chi connectivity index (χ2n) is 3.26. The highest BCUT2D eigenvalue weighted by molar-refractivity contribution is 5.94. The number of hydrogen-bond donors (Lipinski definition) is 0. The van der Waals surface area contributed by atoms with E-state index in [1.165, 1.54) is 18.0 Å². The first-order chi connectivity index (χ1) is 7.56. The zero-order valence-corrected chi connectivity index (χ0v) is 8.70. The Labute approximate surface area is 91.9 Å². The number of hydrogen-bond acceptors (Lipinski definition) is 2. The lowest BCUT2D eigenvalue weighted by Gasteiger charge is -2.15. The molecule has 0 fully saturated rings. The molecule has 0 radical (unpaired) electrons. The molecule has 0 spiro atoms. The quantitative estimate of drug-likeness (QED) is 0.787. The molecule has 0 aliphatic heterocycles. The average molecular weight is 224 g/mol. The van der Waals surface area contributed by atoms with Crippen LogP contribution in [0, 0.1) is 23.0 Å². The molecule has 0 aromatic heterocycles. The molecule has 0 unspecified atom stereocenters. The molecule has 1 rings (SSSR count). The first-order valence-corrected chi connectivity index (χ1v) is 4.63. The predicted molar refractivity (Wildman–Crippen MR) is 53.5 cm³/mol. The summed E-state index contributed by atoms with van der Waals surface area (Å²) in [4.78, 5) is 12.9.